The van der Waals surface area contributed by atoms with Crippen molar-refractivity contribution >= 4 is 23.7 Å². The smallest absolute Gasteiger partial charge is 0.277 e. The van der Waals surface area contributed by atoms with Crippen LogP contribution in [0.5, 0.6) is 5.75 Å². The molecule has 0 atom stereocenters. The molecule has 0 saturated carbocycles. The lowest BCUT2D eigenvalue weighted by atomic mass is 10.1. The van der Waals surface area contributed by atoms with Crippen molar-refractivity contribution in [3.63, 3.8) is 0 Å². The van der Waals surface area contributed by atoms with Crippen molar-refractivity contribution in [1.29, 1.82) is 0 Å². The molecule has 0 unspecified atom stereocenters. The first kappa shape index (κ1) is 20.4. The van der Waals surface area contributed by atoms with E-state index in [0.717, 1.165) is 16.7 Å². The fourth-order valence-electron chi connectivity index (χ4n) is 2.98. The highest BCUT2D eigenvalue weighted by Gasteiger charge is 2.08. The Bertz CT molecular complexity index is 1180. The molecule has 6 heteroatoms. The summed E-state index contributed by atoms with van der Waals surface area (Å²) in [5.41, 5.74) is 5.29. The molecule has 0 fully saturated rings. The van der Waals surface area contributed by atoms with Crippen LogP contribution >= 0.6 is 11.6 Å². The van der Waals surface area contributed by atoms with E-state index in [1.54, 1.807) is 18.2 Å². The standard InChI is InChI=1S/C25H19ClN2O3/c26-20-12-10-19(11-13-20)23-15-14-21(31-23)16-27-28-25(29)17-30-24-9-5-4-8-22(24)18-6-2-1-3-7-18/h1-16H,17H2,(H,28,29). The Morgan fingerprint density at radius 1 is 0.903 bits per heavy atom. The molecule has 0 spiro atoms. The summed E-state index contributed by atoms with van der Waals surface area (Å²) in [5.74, 6) is 1.46. The topological polar surface area (TPSA) is 63.8 Å². The summed E-state index contributed by atoms with van der Waals surface area (Å²) in [6.45, 7) is -0.157. The van der Waals surface area contributed by atoms with Gasteiger partial charge in [-0.1, -0.05) is 60.1 Å². The van der Waals surface area contributed by atoms with E-state index in [1.807, 2.05) is 72.8 Å². The van der Waals surface area contributed by atoms with Crippen LogP contribution < -0.4 is 10.2 Å². The van der Waals surface area contributed by atoms with Crippen molar-refractivity contribution in [3.8, 4) is 28.2 Å². The van der Waals surface area contributed by atoms with E-state index in [2.05, 4.69) is 10.5 Å². The minimum Gasteiger partial charge on any atom is -0.483 e. The Labute approximate surface area is 184 Å². The second-order valence-corrected chi connectivity index (χ2v) is 7.09. The van der Waals surface area contributed by atoms with E-state index < -0.39 is 0 Å². The first-order valence-electron chi connectivity index (χ1n) is 9.64. The average Bonchev–Trinajstić information content (AvgIpc) is 3.28. The molecule has 0 aliphatic rings. The van der Waals surface area contributed by atoms with E-state index in [9.17, 15) is 4.79 Å². The van der Waals surface area contributed by atoms with Gasteiger partial charge >= 0.3 is 0 Å². The normalized spacial score (nSPS) is 10.9. The molecule has 1 aromatic heterocycles. The van der Waals surface area contributed by atoms with E-state index >= 15 is 0 Å². The number of benzene rings is 3. The van der Waals surface area contributed by atoms with E-state index in [1.165, 1.54) is 6.21 Å². The number of carbonyl (C=O) groups is 1. The molecule has 0 saturated heterocycles. The quantitative estimate of drug-likeness (QED) is 0.298. The minimum atomic E-state index is -0.372. The largest absolute Gasteiger partial charge is 0.483 e. The van der Waals surface area contributed by atoms with Crippen molar-refractivity contribution in [3.05, 3.63) is 102 Å². The lowest BCUT2D eigenvalue weighted by Crippen LogP contribution is -2.24. The number of para-hydroxylation sites is 1. The summed E-state index contributed by atoms with van der Waals surface area (Å²) >= 11 is 5.90. The maximum atomic E-state index is 12.1. The molecule has 0 aliphatic heterocycles. The molecular formula is C25H19ClN2O3. The van der Waals surface area contributed by atoms with Crippen molar-refractivity contribution in [2.75, 3.05) is 6.61 Å². The monoisotopic (exact) mass is 430 g/mol. The van der Waals surface area contributed by atoms with E-state index in [0.29, 0.717) is 22.3 Å². The summed E-state index contributed by atoms with van der Waals surface area (Å²) in [5, 5.41) is 4.60. The van der Waals surface area contributed by atoms with Crippen LogP contribution in [0.2, 0.25) is 5.02 Å². The molecule has 5 nitrogen and oxygen atoms in total. The molecule has 0 radical (unpaired) electrons. The molecule has 154 valence electrons. The summed E-state index contributed by atoms with van der Waals surface area (Å²) in [7, 11) is 0. The molecule has 4 aromatic rings. The van der Waals surface area contributed by atoms with Gasteiger partial charge in [-0.25, -0.2) is 5.43 Å². The van der Waals surface area contributed by atoms with Gasteiger partial charge in [-0.05, 0) is 48.0 Å². The van der Waals surface area contributed by atoms with Gasteiger partial charge in [0.15, 0.2) is 6.61 Å². The van der Waals surface area contributed by atoms with Crippen LogP contribution in [-0.4, -0.2) is 18.7 Å². The maximum absolute atomic E-state index is 12.1. The van der Waals surface area contributed by atoms with Gasteiger partial charge in [0.1, 0.15) is 17.3 Å². The highest BCUT2D eigenvalue weighted by atomic mass is 35.5. The molecular weight excluding hydrogens is 412 g/mol. The average molecular weight is 431 g/mol. The number of nitrogens with one attached hydrogen (secondary N) is 1. The number of furan rings is 1. The number of hydrogen-bond acceptors (Lipinski definition) is 4. The van der Waals surface area contributed by atoms with Gasteiger partial charge in [-0.15, -0.1) is 0 Å². The number of ether oxygens (including phenoxy) is 1. The van der Waals surface area contributed by atoms with Crippen LogP contribution in [0.15, 0.2) is 101 Å². The zero-order chi connectivity index (χ0) is 21.5. The number of carbonyl (C=O) groups excluding carboxylic acids is 1. The summed E-state index contributed by atoms with van der Waals surface area (Å²) in [6, 6.07) is 28.4. The van der Waals surface area contributed by atoms with Crippen molar-refractivity contribution in [2.24, 2.45) is 5.10 Å². The zero-order valence-electron chi connectivity index (χ0n) is 16.5. The third kappa shape index (κ3) is 5.41. The van der Waals surface area contributed by atoms with Crippen molar-refractivity contribution in [2.45, 2.75) is 0 Å². The Morgan fingerprint density at radius 2 is 1.65 bits per heavy atom. The lowest BCUT2D eigenvalue weighted by Gasteiger charge is -2.10. The van der Waals surface area contributed by atoms with Crippen LogP contribution in [0.1, 0.15) is 5.76 Å². The third-order valence-electron chi connectivity index (χ3n) is 4.47. The summed E-state index contributed by atoms with van der Waals surface area (Å²) < 4.78 is 11.4. The summed E-state index contributed by atoms with van der Waals surface area (Å²) in [4.78, 5) is 12.1. The summed E-state index contributed by atoms with van der Waals surface area (Å²) in [6.07, 6.45) is 1.44. The number of halogens is 1. The Balaban J connectivity index is 1.32. The fourth-order valence-corrected chi connectivity index (χ4v) is 3.11. The van der Waals surface area contributed by atoms with Crippen molar-refractivity contribution < 1.29 is 13.9 Å². The zero-order valence-corrected chi connectivity index (χ0v) is 17.3. The third-order valence-corrected chi connectivity index (χ3v) is 4.72. The molecule has 1 heterocycles. The highest BCUT2D eigenvalue weighted by molar-refractivity contribution is 6.30. The van der Waals surface area contributed by atoms with E-state index in [-0.39, 0.29) is 12.5 Å². The number of nitrogens with zero attached hydrogens (tertiary/aromatic N) is 1. The Hall–Kier alpha value is -3.83. The van der Waals surface area contributed by atoms with Crippen LogP contribution in [0, 0.1) is 0 Å². The van der Waals surface area contributed by atoms with E-state index in [4.69, 9.17) is 20.8 Å². The molecule has 3 aromatic carbocycles. The first-order chi connectivity index (χ1) is 15.2. The SMILES string of the molecule is O=C(COc1ccccc1-c1ccccc1)NN=Cc1ccc(-c2ccc(Cl)cc2)o1. The molecule has 0 aliphatic carbocycles. The van der Waals surface area contributed by atoms with Gasteiger partial charge in [0.2, 0.25) is 0 Å². The van der Waals surface area contributed by atoms with Gasteiger partial charge in [-0.3, -0.25) is 4.79 Å². The van der Waals surface area contributed by atoms with Crippen LogP contribution in [0.25, 0.3) is 22.5 Å². The van der Waals surface area contributed by atoms with Gasteiger partial charge < -0.3 is 9.15 Å². The van der Waals surface area contributed by atoms with Crippen molar-refractivity contribution in [1.82, 2.24) is 5.43 Å². The molecule has 1 N–H and O–H groups in total. The fraction of sp³-hybridized carbons (Fsp3) is 0.0400. The van der Waals surface area contributed by atoms with Gasteiger partial charge in [-0.2, -0.15) is 5.10 Å². The molecule has 0 bridgehead atoms. The second kappa shape index (κ2) is 9.78. The van der Waals surface area contributed by atoms with Gasteiger partial charge in [0.25, 0.3) is 5.91 Å². The van der Waals surface area contributed by atoms with Crippen LogP contribution in [0.4, 0.5) is 0 Å². The van der Waals surface area contributed by atoms with Gasteiger partial charge in [0.05, 0.1) is 6.21 Å². The number of amides is 1. The number of hydrazone groups is 1. The number of rotatable bonds is 7. The lowest BCUT2D eigenvalue weighted by molar-refractivity contribution is -0.123. The number of hydrogen-bond donors (Lipinski definition) is 1. The second-order valence-electron chi connectivity index (χ2n) is 6.65. The molecule has 1 amide bonds. The Kier molecular flexibility index (Phi) is 6.45. The van der Waals surface area contributed by atoms with Crippen LogP contribution in [0.3, 0.4) is 0 Å². The maximum Gasteiger partial charge on any atom is 0.277 e. The first-order valence-corrected chi connectivity index (χ1v) is 10.0. The predicted molar refractivity (Wildman–Crippen MR) is 122 cm³/mol. The van der Waals surface area contributed by atoms with Gasteiger partial charge in [0, 0.05) is 16.1 Å². The van der Waals surface area contributed by atoms with Crippen LogP contribution in [-0.2, 0) is 4.79 Å². The highest BCUT2D eigenvalue weighted by Crippen LogP contribution is 2.29. The Morgan fingerprint density at radius 3 is 2.45 bits per heavy atom. The predicted octanol–water partition coefficient (Wildman–Crippen LogP) is 5.80. The molecule has 31 heavy (non-hydrogen) atoms. The minimum absolute atomic E-state index is 0.157. The molecule has 4 rings (SSSR count).